The summed E-state index contributed by atoms with van der Waals surface area (Å²) in [5, 5.41) is 9.96. The van der Waals surface area contributed by atoms with Crippen molar-refractivity contribution in [3.63, 3.8) is 0 Å². The minimum atomic E-state index is 0.348. The van der Waals surface area contributed by atoms with Crippen LogP contribution in [0.5, 0.6) is 5.75 Å². The second kappa shape index (κ2) is 3.81. The van der Waals surface area contributed by atoms with Crippen LogP contribution < -0.4 is 4.90 Å². The van der Waals surface area contributed by atoms with Gasteiger partial charge in [-0.3, -0.25) is 0 Å². The molecule has 0 atom stereocenters. The van der Waals surface area contributed by atoms with Gasteiger partial charge in [0, 0.05) is 30.4 Å². The van der Waals surface area contributed by atoms with Crippen LogP contribution in [0.4, 0.5) is 5.69 Å². The van der Waals surface area contributed by atoms with Crippen LogP contribution >= 0.6 is 0 Å². The van der Waals surface area contributed by atoms with Crippen LogP contribution in [0, 0.1) is 0 Å². The minimum Gasteiger partial charge on any atom is -0.507 e. The average Bonchev–Trinajstić information content (AvgIpc) is 2.72. The summed E-state index contributed by atoms with van der Waals surface area (Å²) in [4.78, 5) is 2.26. The smallest absolute Gasteiger partial charge is 0.123 e. The van der Waals surface area contributed by atoms with E-state index in [0.29, 0.717) is 5.75 Å². The summed E-state index contributed by atoms with van der Waals surface area (Å²) < 4.78 is 0. The summed E-state index contributed by atoms with van der Waals surface area (Å²) in [6, 6.07) is 13.8. The maximum absolute atomic E-state index is 9.96. The molecule has 1 heterocycles. The fourth-order valence-electron chi connectivity index (χ4n) is 2.56. The molecule has 2 aromatic rings. The minimum absolute atomic E-state index is 0.348. The number of benzene rings is 2. The van der Waals surface area contributed by atoms with Crippen molar-refractivity contribution < 1.29 is 5.11 Å². The molecular weight excluding hydrogens is 210 g/mol. The zero-order chi connectivity index (χ0) is 11.8. The molecule has 0 amide bonds. The van der Waals surface area contributed by atoms with Crippen LogP contribution in [0.1, 0.15) is 5.56 Å². The molecule has 0 spiro atoms. The number of rotatable bonds is 1. The maximum atomic E-state index is 9.96. The highest BCUT2D eigenvalue weighted by Gasteiger charge is 2.20. The van der Waals surface area contributed by atoms with Crippen LogP contribution in [0.2, 0.25) is 0 Å². The van der Waals surface area contributed by atoms with Crippen LogP contribution in [0.3, 0.4) is 0 Å². The Bertz CT molecular complexity index is 563. The van der Waals surface area contributed by atoms with Gasteiger partial charge in [0.1, 0.15) is 5.75 Å². The molecule has 3 rings (SSSR count). The van der Waals surface area contributed by atoms with Crippen LogP contribution in [0.15, 0.2) is 42.5 Å². The summed E-state index contributed by atoms with van der Waals surface area (Å²) >= 11 is 0. The lowest BCUT2D eigenvalue weighted by Crippen LogP contribution is -2.13. The fraction of sp³-hybridized carbons (Fsp3) is 0.200. The van der Waals surface area contributed by atoms with Crippen LogP contribution in [-0.2, 0) is 6.42 Å². The van der Waals surface area contributed by atoms with Crippen molar-refractivity contribution in [2.45, 2.75) is 6.42 Å². The Morgan fingerprint density at radius 3 is 2.59 bits per heavy atom. The first-order valence-corrected chi connectivity index (χ1v) is 5.89. The van der Waals surface area contributed by atoms with E-state index in [-0.39, 0.29) is 0 Å². The van der Waals surface area contributed by atoms with Crippen molar-refractivity contribution >= 4 is 5.69 Å². The van der Waals surface area contributed by atoms with Gasteiger partial charge in [0.25, 0.3) is 0 Å². The highest BCUT2D eigenvalue weighted by atomic mass is 16.3. The van der Waals surface area contributed by atoms with Crippen molar-refractivity contribution in [2.75, 3.05) is 18.5 Å². The summed E-state index contributed by atoms with van der Waals surface area (Å²) in [7, 11) is 2.11. The molecule has 0 saturated heterocycles. The Hall–Kier alpha value is -1.96. The lowest BCUT2D eigenvalue weighted by Gasteiger charge is -2.17. The standard InChI is InChI=1S/C15H15NO/c1-16-10-9-11-5-4-7-13(15(11)16)12-6-2-3-8-14(12)17/h2-8,17H,9-10H2,1H3. The molecule has 17 heavy (non-hydrogen) atoms. The third kappa shape index (κ3) is 1.57. The van der Waals surface area contributed by atoms with Gasteiger partial charge in [-0.05, 0) is 18.1 Å². The molecule has 1 aliphatic heterocycles. The molecule has 86 valence electrons. The van der Waals surface area contributed by atoms with E-state index in [1.807, 2.05) is 18.2 Å². The van der Waals surface area contributed by atoms with Crippen molar-refractivity contribution in [1.82, 2.24) is 0 Å². The van der Waals surface area contributed by atoms with Crippen molar-refractivity contribution in [1.29, 1.82) is 0 Å². The van der Waals surface area contributed by atoms with Crippen molar-refractivity contribution in [2.24, 2.45) is 0 Å². The van der Waals surface area contributed by atoms with Gasteiger partial charge in [-0.25, -0.2) is 0 Å². The predicted molar refractivity (Wildman–Crippen MR) is 70.5 cm³/mol. The fourth-order valence-corrected chi connectivity index (χ4v) is 2.56. The second-order valence-electron chi connectivity index (χ2n) is 4.50. The number of nitrogens with zero attached hydrogens (tertiary/aromatic N) is 1. The molecule has 0 unspecified atom stereocenters. The molecule has 0 saturated carbocycles. The average molecular weight is 225 g/mol. The van der Waals surface area contributed by atoms with Gasteiger partial charge >= 0.3 is 0 Å². The first-order chi connectivity index (χ1) is 8.27. The normalized spacial score (nSPS) is 13.8. The molecule has 2 nitrogen and oxygen atoms in total. The van der Waals surface area contributed by atoms with Gasteiger partial charge in [-0.15, -0.1) is 0 Å². The zero-order valence-corrected chi connectivity index (χ0v) is 9.85. The lowest BCUT2D eigenvalue weighted by atomic mass is 9.99. The van der Waals surface area contributed by atoms with Crippen molar-refractivity contribution in [3.8, 4) is 16.9 Å². The molecule has 1 N–H and O–H groups in total. The molecule has 2 aromatic carbocycles. The van der Waals surface area contributed by atoms with E-state index in [2.05, 4.69) is 30.1 Å². The quantitative estimate of drug-likeness (QED) is 0.806. The zero-order valence-electron chi connectivity index (χ0n) is 9.85. The summed E-state index contributed by atoms with van der Waals surface area (Å²) in [6.07, 6.45) is 1.09. The molecule has 2 heteroatoms. The number of phenols is 1. The third-order valence-electron chi connectivity index (χ3n) is 3.41. The molecule has 0 radical (unpaired) electrons. The SMILES string of the molecule is CN1CCc2cccc(-c3ccccc3O)c21. The summed E-state index contributed by atoms with van der Waals surface area (Å²) in [6.45, 7) is 1.06. The third-order valence-corrected chi connectivity index (χ3v) is 3.41. The topological polar surface area (TPSA) is 23.5 Å². The Labute approximate surface area is 101 Å². The highest BCUT2D eigenvalue weighted by molar-refractivity contribution is 5.85. The Morgan fingerprint density at radius 2 is 1.76 bits per heavy atom. The van der Waals surface area contributed by atoms with Gasteiger partial charge in [0.15, 0.2) is 0 Å². The number of anilines is 1. The highest BCUT2D eigenvalue weighted by Crippen LogP contribution is 2.40. The monoisotopic (exact) mass is 225 g/mol. The van der Waals surface area contributed by atoms with Gasteiger partial charge in [-0.2, -0.15) is 0 Å². The van der Waals surface area contributed by atoms with E-state index in [9.17, 15) is 5.11 Å². The first-order valence-electron chi connectivity index (χ1n) is 5.89. The molecule has 0 bridgehead atoms. The number of hydrogen-bond donors (Lipinski definition) is 1. The Balaban J connectivity index is 2.23. The van der Waals surface area contributed by atoms with E-state index in [0.717, 1.165) is 24.1 Å². The van der Waals surface area contributed by atoms with Crippen LogP contribution in [-0.4, -0.2) is 18.7 Å². The van der Waals surface area contributed by atoms with E-state index < -0.39 is 0 Å². The van der Waals surface area contributed by atoms with Gasteiger partial charge in [-0.1, -0.05) is 36.4 Å². The lowest BCUT2D eigenvalue weighted by molar-refractivity contribution is 0.477. The molecule has 0 aliphatic carbocycles. The molecule has 0 aromatic heterocycles. The predicted octanol–water partition coefficient (Wildman–Crippen LogP) is 3.05. The van der Waals surface area contributed by atoms with E-state index in [1.54, 1.807) is 6.07 Å². The number of likely N-dealkylation sites (N-methyl/N-ethyl adjacent to an activating group) is 1. The Morgan fingerprint density at radius 1 is 1.00 bits per heavy atom. The van der Waals surface area contributed by atoms with E-state index in [4.69, 9.17) is 0 Å². The molecular formula is C15H15NO. The first kappa shape index (κ1) is 10.2. The summed E-state index contributed by atoms with van der Waals surface area (Å²) in [5.41, 5.74) is 4.67. The van der Waals surface area contributed by atoms with E-state index in [1.165, 1.54) is 11.3 Å². The molecule has 0 fully saturated rings. The number of phenolic OH excluding ortho intramolecular Hbond substituents is 1. The molecule has 1 aliphatic rings. The van der Waals surface area contributed by atoms with Gasteiger partial charge in [0.2, 0.25) is 0 Å². The van der Waals surface area contributed by atoms with E-state index >= 15 is 0 Å². The van der Waals surface area contributed by atoms with Crippen molar-refractivity contribution in [3.05, 3.63) is 48.0 Å². The summed E-state index contributed by atoms with van der Waals surface area (Å²) in [5.74, 6) is 0.348. The Kier molecular flexibility index (Phi) is 2.29. The second-order valence-corrected chi connectivity index (χ2v) is 4.50. The largest absolute Gasteiger partial charge is 0.507 e. The van der Waals surface area contributed by atoms with Crippen LogP contribution in [0.25, 0.3) is 11.1 Å². The number of fused-ring (bicyclic) bond motifs is 1. The van der Waals surface area contributed by atoms with Gasteiger partial charge in [0.05, 0.1) is 0 Å². The number of aromatic hydroxyl groups is 1. The number of para-hydroxylation sites is 2. The maximum Gasteiger partial charge on any atom is 0.123 e. The number of hydrogen-bond acceptors (Lipinski definition) is 2. The van der Waals surface area contributed by atoms with Gasteiger partial charge < -0.3 is 10.0 Å².